The van der Waals surface area contributed by atoms with E-state index in [-0.39, 0.29) is 11.3 Å². The van der Waals surface area contributed by atoms with Crippen molar-refractivity contribution in [1.29, 1.82) is 0 Å². The Morgan fingerprint density at radius 2 is 1.73 bits per heavy atom. The van der Waals surface area contributed by atoms with E-state index in [0.717, 1.165) is 17.9 Å². The van der Waals surface area contributed by atoms with Gasteiger partial charge in [0, 0.05) is 44.2 Å². The Balaban J connectivity index is 1.64. The zero-order valence-electron chi connectivity index (χ0n) is 17.3. The molecule has 4 rings (SSSR count). The van der Waals surface area contributed by atoms with E-state index in [2.05, 4.69) is 4.90 Å². The van der Waals surface area contributed by atoms with Gasteiger partial charge in [0.25, 0.3) is 5.56 Å². The van der Waals surface area contributed by atoms with Crippen LogP contribution in [0.15, 0.2) is 35.1 Å². The number of rotatable bonds is 5. The molecule has 0 spiro atoms. The van der Waals surface area contributed by atoms with Crippen LogP contribution in [0.2, 0.25) is 0 Å². The minimum atomic E-state index is -0.0815. The molecule has 2 aromatic carbocycles. The summed E-state index contributed by atoms with van der Waals surface area (Å²) in [5.41, 5.74) is 1.31. The topological polar surface area (TPSA) is 86.1 Å². The largest absolute Gasteiger partial charge is 0.504 e. The number of methoxy groups -OCH3 is 3. The molecular formula is C22H25N3O5. The molecule has 1 N–H and O–H groups in total. The maximum Gasteiger partial charge on any atom is 0.261 e. The van der Waals surface area contributed by atoms with Crippen LogP contribution < -0.4 is 19.8 Å². The molecule has 0 fully saturated rings. The maximum atomic E-state index is 13.1. The zero-order valence-corrected chi connectivity index (χ0v) is 17.3. The van der Waals surface area contributed by atoms with Crippen molar-refractivity contribution in [2.24, 2.45) is 0 Å². The fourth-order valence-corrected chi connectivity index (χ4v) is 3.89. The first-order chi connectivity index (χ1) is 14.5. The summed E-state index contributed by atoms with van der Waals surface area (Å²) in [4.78, 5) is 20.1. The Morgan fingerprint density at radius 3 is 2.47 bits per heavy atom. The van der Waals surface area contributed by atoms with Crippen molar-refractivity contribution in [2.75, 3.05) is 34.4 Å². The van der Waals surface area contributed by atoms with Crippen LogP contribution in [0.4, 0.5) is 0 Å². The van der Waals surface area contributed by atoms with Crippen LogP contribution in [-0.4, -0.2) is 54.0 Å². The highest BCUT2D eigenvalue weighted by molar-refractivity contribution is 5.82. The lowest BCUT2D eigenvalue weighted by atomic mass is 10.1. The molecule has 3 aromatic rings. The third-order valence-corrected chi connectivity index (χ3v) is 5.53. The summed E-state index contributed by atoms with van der Waals surface area (Å²) in [5.74, 6) is 2.41. The summed E-state index contributed by atoms with van der Waals surface area (Å²) < 4.78 is 17.6. The smallest absolute Gasteiger partial charge is 0.261 e. The predicted octanol–water partition coefficient (Wildman–Crippen LogP) is 2.19. The van der Waals surface area contributed by atoms with E-state index in [1.54, 1.807) is 37.0 Å². The van der Waals surface area contributed by atoms with Crippen molar-refractivity contribution in [3.63, 3.8) is 0 Å². The number of para-hydroxylation sites is 1. The third kappa shape index (κ3) is 3.54. The fraction of sp³-hybridized carbons (Fsp3) is 0.364. The van der Waals surface area contributed by atoms with Crippen LogP contribution in [0.3, 0.4) is 0 Å². The Hall–Kier alpha value is -3.26. The number of nitrogens with zero attached hydrogens (tertiary/aromatic N) is 3. The number of benzene rings is 2. The quantitative estimate of drug-likeness (QED) is 0.689. The molecule has 0 aliphatic carbocycles. The number of aromatic hydroxyl groups is 1. The molecule has 30 heavy (non-hydrogen) atoms. The van der Waals surface area contributed by atoms with Gasteiger partial charge >= 0.3 is 0 Å². The molecule has 1 aliphatic heterocycles. The van der Waals surface area contributed by atoms with Crippen LogP contribution in [0, 0.1) is 0 Å². The number of ether oxygens (including phenoxy) is 3. The Labute approximate surface area is 174 Å². The molecule has 8 heteroatoms. The van der Waals surface area contributed by atoms with E-state index in [1.807, 2.05) is 12.1 Å². The third-order valence-electron chi connectivity index (χ3n) is 5.53. The minimum Gasteiger partial charge on any atom is -0.504 e. The number of fused-ring (bicyclic) bond motifs is 2. The van der Waals surface area contributed by atoms with Gasteiger partial charge in [0.1, 0.15) is 5.82 Å². The van der Waals surface area contributed by atoms with Gasteiger partial charge in [-0.3, -0.25) is 14.3 Å². The monoisotopic (exact) mass is 411 g/mol. The molecule has 2 heterocycles. The van der Waals surface area contributed by atoms with Gasteiger partial charge in [-0.15, -0.1) is 0 Å². The van der Waals surface area contributed by atoms with Crippen LogP contribution in [0.5, 0.6) is 23.0 Å². The number of phenolic OH excluding ortho intramolecular Hbond substituents is 1. The molecule has 0 bridgehead atoms. The second-order valence-corrected chi connectivity index (χ2v) is 7.20. The summed E-state index contributed by atoms with van der Waals surface area (Å²) in [6.45, 7) is 2.48. The second-order valence-electron chi connectivity index (χ2n) is 7.20. The lowest BCUT2D eigenvalue weighted by molar-refractivity contribution is 0.265. The van der Waals surface area contributed by atoms with Crippen molar-refractivity contribution in [3.8, 4) is 23.0 Å². The Morgan fingerprint density at radius 1 is 1.00 bits per heavy atom. The van der Waals surface area contributed by atoms with Crippen LogP contribution in [0.25, 0.3) is 10.9 Å². The SMILES string of the molecule is COc1cc2nc3n(c(=O)c2cc1OC)CCN(Cc1cccc(OC)c1O)CC3. The van der Waals surface area contributed by atoms with Gasteiger partial charge in [0.05, 0.1) is 32.2 Å². The van der Waals surface area contributed by atoms with E-state index in [0.29, 0.717) is 54.2 Å². The molecule has 1 aromatic heterocycles. The molecule has 158 valence electrons. The van der Waals surface area contributed by atoms with E-state index >= 15 is 0 Å². The standard InChI is InChI=1S/C22H25N3O5/c1-28-17-6-4-5-14(21(17)26)13-24-8-7-20-23-16-12-19(30-3)18(29-2)11-15(16)22(27)25(20)10-9-24/h4-6,11-12,26H,7-10,13H2,1-3H3. The number of hydrogen-bond acceptors (Lipinski definition) is 7. The van der Waals surface area contributed by atoms with Gasteiger partial charge in [0.2, 0.25) is 0 Å². The first kappa shape index (κ1) is 20.0. The number of hydrogen-bond donors (Lipinski definition) is 1. The van der Waals surface area contributed by atoms with Gasteiger partial charge in [-0.1, -0.05) is 12.1 Å². The summed E-state index contributed by atoms with van der Waals surface area (Å²) in [6.07, 6.45) is 0.629. The highest BCUT2D eigenvalue weighted by atomic mass is 16.5. The fourth-order valence-electron chi connectivity index (χ4n) is 3.89. The molecule has 0 radical (unpaired) electrons. The highest BCUT2D eigenvalue weighted by Crippen LogP contribution is 2.31. The van der Waals surface area contributed by atoms with E-state index in [1.165, 1.54) is 7.11 Å². The van der Waals surface area contributed by atoms with E-state index in [9.17, 15) is 9.90 Å². The summed E-state index contributed by atoms with van der Waals surface area (Å²) in [6, 6.07) is 8.91. The lowest BCUT2D eigenvalue weighted by Crippen LogP contribution is -2.28. The van der Waals surface area contributed by atoms with Crippen molar-refractivity contribution in [3.05, 3.63) is 52.1 Å². The summed E-state index contributed by atoms with van der Waals surface area (Å²) in [5, 5.41) is 10.9. The zero-order chi connectivity index (χ0) is 21.3. The Kier molecular flexibility index (Phi) is 5.50. The van der Waals surface area contributed by atoms with E-state index < -0.39 is 0 Å². The van der Waals surface area contributed by atoms with Crippen molar-refractivity contribution >= 4 is 10.9 Å². The minimum absolute atomic E-state index is 0.0815. The average Bonchev–Trinajstić information content (AvgIpc) is 2.97. The molecule has 0 amide bonds. The summed E-state index contributed by atoms with van der Waals surface area (Å²) >= 11 is 0. The van der Waals surface area contributed by atoms with Gasteiger partial charge in [-0.2, -0.15) is 0 Å². The Bertz CT molecular complexity index is 1140. The lowest BCUT2D eigenvalue weighted by Gasteiger charge is -2.20. The van der Waals surface area contributed by atoms with E-state index in [4.69, 9.17) is 19.2 Å². The molecule has 1 aliphatic rings. The summed E-state index contributed by atoms with van der Waals surface area (Å²) in [7, 11) is 4.64. The predicted molar refractivity (Wildman–Crippen MR) is 113 cm³/mol. The van der Waals surface area contributed by atoms with Crippen molar-refractivity contribution in [1.82, 2.24) is 14.5 Å². The normalized spacial score (nSPS) is 14.2. The second kappa shape index (κ2) is 8.23. The van der Waals surface area contributed by atoms with Crippen LogP contribution in [0.1, 0.15) is 11.4 Å². The van der Waals surface area contributed by atoms with Crippen LogP contribution in [-0.2, 0) is 19.5 Å². The van der Waals surface area contributed by atoms with Crippen molar-refractivity contribution < 1.29 is 19.3 Å². The highest BCUT2D eigenvalue weighted by Gasteiger charge is 2.20. The average molecular weight is 411 g/mol. The molecule has 0 saturated carbocycles. The van der Waals surface area contributed by atoms with Crippen molar-refractivity contribution in [2.45, 2.75) is 19.5 Å². The van der Waals surface area contributed by atoms with Gasteiger partial charge in [-0.25, -0.2) is 4.98 Å². The van der Waals surface area contributed by atoms with Gasteiger partial charge in [0.15, 0.2) is 23.0 Å². The molecule has 0 saturated heterocycles. The molecule has 8 nitrogen and oxygen atoms in total. The molecule has 0 atom stereocenters. The first-order valence-corrected chi connectivity index (χ1v) is 9.78. The van der Waals surface area contributed by atoms with Crippen LogP contribution >= 0.6 is 0 Å². The maximum absolute atomic E-state index is 13.1. The molecular weight excluding hydrogens is 386 g/mol. The molecule has 0 unspecified atom stereocenters. The van der Waals surface area contributed by atoms with Gasteiger partial charge < -0.3 is 19.3 Å². The number of phenols is 1. The number of aromatic nitrogens is 2. The van der Waals surface area contributed by atoms with Gasteiger partial charge in [-0.05, 0) is 12.1 Å². The first-order valence-electron chi connectivity index (χ1n) is 9.78.